The van der Waals surface area contributed by atoms with Crippen molar-refractivity contribution in [3.63, 3.8) is 0 Å². The Bertz CT molecular complexity index is 381. The van der Waals surface area contributed by atoms with Gasteiger partial charge in [0.25, 0.3) is 0 Å². The van der Waals surface area contributed by atoms with Gasteiger partial charge in [0.15, 0.2) is 0 Å². The van der Waals surface area contributed by atoms with Gasteiger partial charge >= 0.3 is 12.0 Å². The molecule has 0 unspecified atom stereocenters. The molecule has 0 aromatic carbocycles. The highest BCUT2D eigenvalue weighted by Gasteiger charge is 2.39. The molecule has 0 spiro atoms. The molecule has 2 N–H and O–H groups in total. The number of nitrogens with one attached hydrogen (secondary N) is 1. The molecule has 0 aromatic rings. The maximum absolute atomic E-state index is 12.7. The lowest BCUT2D eigenvalue weighted by atomic mass is 9.79. The first-order valence-electron chi connectivity index (χ1n) is 8.26. The van der Waals surface area contributed by atoms with Gasteiger partial charge in [-0.25, -0.2) is 4.79 Å². The van der Waals surface area contributed by atoms with Gasteiger partial charge in [-0.2, -0.15) is 0 Å². The van der Waals surface area contributed by atoms with Crippen LogP contribution >= 0.6 is 0 Å². The molecule has 21 heavy (non-hydrogen) atoms. The number of carbonyl (C=O) groups excluding carboxylic acids is 1. The fraction of sp³-hybridized carbons (Fsp3) is 0.875. The van der Waals surface area contributed by atoms with E-state index in [1.165, 1.54) is 0 Å². The normalized spacial score (nSPS) is 29.0. The zero-order valence-corrected chi connectivity index (χ0v) is 13.2. The lowest BCUT2D eigenvalue weighted by molar-refractivity contribution is -0.139. The maximum Gasteiger partial charge on any atom is 0.318 e. The van der Waals surface area contributed by atoms with Crippen LogP contribution in [0.3, 0.4) is 0 Å². The van der Waals surface area contributed by atoms with Gasteiger partial charge < -0.3 is 15.3 Å². The highest BCUT2D eigenvalue weighted by atomic mass is 16.4. The second-order valence-electron chi connectivity index (χ2n) is 6.88. The van der Waals surface area contributed by atoms with Gasteiger partial charge in [-0.1, -0.05) is 19.3 Å². The first kappa shape index (κ1) is 16.1. The van der Waals surface area contributed by atoms with Crippen molar-refractivity contribution in [2.75, 3.05) is 0 Å². The Morgan fingerprint density at radius 2 is 1.67 bits per heavy atom. The molecule has 1 heterocycles. The topological polar surface area (TPSA) is 69.6 Å². The summed E-state index contributed by atoms with van der Waals surface area (Å²) >= 11 is 0. The molecule has 2 fully saturated rings. The molecule has 0 bridgehead atoms. The van der Waals surface area contributed by atoms with E-state index in [9.17, 15) is 14.7 Å². The number of urea groups is 1. The van der Waals surface area contributed by atoms with Gasteiger partial charge in [0.1, 0.15) is 0 Å². The summed E-state index contributed by atoms with van der Waals surface area (Å²) in [5.74, 6) is -0.822. The van der Waals surface area contributed by atoms with E-state index in [-0.39, 0.29) is 24.5 Å². The number of hydrogen-bond acceptors (Lipinski definition) is 2. The number of carbonyl (C=O) groups is 2. The minimum Gasteiger partial charge on any atom is -0.481 e. The molecule has 1 saturated heterocycles. The molecule has 5 heteroatoms. The number of nitrogens with zero attached hydrogens (tertiary/aromatic N) is 1. The number of hydrogen-bond donors (Lipinski definition) is 2. The van der Waals surface area contributed by atoms with Gasteiger partial charge in [0.05, 0.1) is 12.0 Å². The smallest absolute Gasteiger partial charge is 0.318 e. The van der Waals surface area contributed by atoms with Crippen LogP contribution in [0.25, 0.3) is 0 Å². The summed E-state index contributed by atoms with van der Waals surface area (Å²) in [6.07, 6.45) is 7.95. The number of carboxylic acids is 1. The Balaban J connectivity index is 2.08. The zero-order valence-electron chi connectivity index (χ0n) is 13.2. The van der Waals surface area contributed by atoms with Crippen molar-refractivity contribution >= 4 is 12.0 Å². The molecule has 0 radical (unpaired) electrons. The van der Waals surface area contributed by atoms with Crippen molar-refractivity contribution in [2.24, 2.45) is 0 Å². The van der Waals surface area contributed by atoms with Crippen LogP contribution in [0.5, 0.6) is 0 Å². The predicted molar refractivity (Wildman–Crippen MR) is 81.2 cm³/mol. The Kier molecular flexibility index (Phi) is 5.12. The van der Waals surface area contributed by atoms with Crippen LogP contribution in [0, 0.1) is 0 Å². The minimum atomic E-state index is -0.822. The number of aliphatic carboxylic acids is 1. The molecule has 2 atom stereocenters. The van der Waals surface area contributed by atoms with Crippen LogP contribution in [0.15, 0.2) is 0 Å². The van der Waals surface area contributed by atoms with Gasteiger partial charge in [0.2, 0.25) is 0 Å². The molecule has 1 aliphatic carbocycles. The number of piperidine rings is 1. The summed E-state index contributed by atoms with van der Waals surface area (Å²) in [6.45, 7) is 4.17. The Hall–Kier alpha value is -1.26. The highest BCUT2D eigenvalue weighted by Crippen LogP contribution is 2.32. The van der Waals surface area contributed by atoms with E-state index in [1.807, 2.05) is 4.90 Å². The van der Waals surface area contributed by atoms with E-state index < -0.39 is 11.5 Å². The number of carboxylic acid groups (broad SMARTS) is 1. The number of likely N-dealkylation sites (tertiary alicyclic amines) is 1. The third-order valence-corrected chi connectivity index (χ3v) is 5.10. The zero-order chi connectivity index (χ0) is 15.5. The van der Waals surface area contributed by atoms with E-state index >= 15 is 0 Å². The predicted octanol–water partition coefficient (Wildman–Crippen LogP) is 3.14. The first-order chi connectivity index (χ1) is 9.93. The van der Waals surface area contributed by atoms with Crippen LogP contribution in [0.1, 0.15) is 71.6 Å². The van der Waals surface area contributed by atoms with Crippen molar-refractivity contribution in [1.82, 2.24) is 10.2 Å². The number of amides is 2. The lowest BCUT2D eigenvalue weighted by Gasteiger charge is -2.43. The van der Waals surface area contributed by atoms with E-state index in [0.717, 1.165) is 51.4 Å². The quantitative estimate of drug-likeness (QED) is 0.840. The van der Waals surface area contributed by atoms with Crippen LogP contribution in [-0.4, -0.2) is 39.6 Å². The van der Waals surface area contributed by atoms with Crippen LogP contribution in [0.2, 0.25) is 0 Å². The summed E-state index contributed by atoms with van der Waals surface area (Å²) in [6, 6.07) is 0.399. The highest BCUT2D eigenvalue weighted by molar-refractivity contribution is 5.77. The van der Waals surface area contributed by atoms with Gasteiger partial charge in [-0.15, -0.1) is 0 Å². The molecule has 5 nitrogen and oxygen atoms in total. The molecule has 0 aromatic heterocycles. The Morgan fingerprint density at radius 3 is 2.19 bits per heavy atom. The van der Waals surface area contributed by atoms with Gasteiger partial charge in [-0.05, 0) is 46.0 Å². The number of rotatable bonds is 3. The third-order valence-electron chi connectivity index (χ3n) is 5.10. The van der Waals surface area contributed by atoms with E-state index in [4.69, 9.17) is 0 Å². The van der Waals surface area contributed by atoms with Crippen molar-refractivity contribution in [3.8, 4) is 0 Å². The third kappa shape index (κ3) is 3.89. The summed E-state index contributed by atoms with van der Waals surface area (Å²) in [5, 5.41) is 12.3. The van der Waals surface area contributed by atoms with Crippen molar-refractivity contribution in [3.05, 3.63) is 0 Å². The lowest BCUT2D eigenvalue weighted by Crippen LogP contribution is -2.59. The molecular weight excluding hydrogens is 268 g/mol. The Labute approximate surface area is 127 Å². The summed E-state index contributed by atoms with van der Waals surface area (Å²) in [7, 11) is 0. The van der Waals surface area contributed by atoms with E-state index in [0.29, 0.717) is 0 Å². The fourth-order valence-electron chi connectivity index (χ4n) is 3.98. The first-order valence-corrected chi connectivity index (χ1v) is 8.26. The molecule has 1 saturated carbocycles. The monoisotopic (exact) mass is 296 g/mol. The summed E-state index contributed by atoms with van der Waals surface area (Å²) in [5.41, 5.74) is -0.544. The molecule has 2 aliphatic rings. The van der Waals surface area contributed by atoms with Crippen LogP contribution in [-0.2, 0) is 4.79 Å². The summed E-state index contributed by atoms with van der Waals surface area (Å²) < 4.78 is 0. The molecule has 2 amide bonds. The van der Waals surface area contributed by atoms with E-state index in [1.54, 1.807) is 0 Å². The van der Waals surface area contributed by atoms with Crippen molar-refractivity contribution in [1.29, 1.82) is 0 Å². The molecule has 1 aliphatic heterocycles. The second-order valence-corrected chi connectivity index (χ2v) is 6.88. The SMILES string of the molecule is C[C@@H]1CCC[C@H](C)N1C(=O)NC1(CC(=O)O)CCCCC1. The summed E-state index contributed by atoms with van der Waals surface area (Å²) in [4.78, 5) is 25.8. The van der Waals surface area contributed by atoms with Crippen molar-refractivity contribution < 1.29 is 14.7 Å². The molecular formula is C16H28N2O3. The second kappa shape index (κ2) is 6.67. The van der Waals surface area contributed by atoms with Gasteiger partial charge in [0, 0.05) is 12.1 Å². The standard InChI is InChI=1S/C16H28N2O3/c1-12-7-6-8-13(2)18(12)15(21)17-16(11-14(19)20)9-4-3-5-10-16/h12-13H,3-11H2,1-2H3,(H,17,21)(H,19,20)/t12-,13+. The van der Waals surface area contributed by atoms with Gasteiger partial charge in [-0.3, -0.25) is 4.79 Å². The maximum atomic E-state index is 12.7. The van der Waals surface area contributed by atoms with Crippen LogP contribution in [0.4, 0.5) is 4.79 Å². The van der Waals surface area contributed by atoms with Crippen LogP contribution < -0.4 is 5.32 Å². The Morgan fingerprint density at radius 1 is 1.10 bits per heavy atom. The van der Waals surface area contributed by atoms with Crippen molar-refractivity contribution in [2.45, 2.75) is 89.3 Å². The fourth-order valence-corrected chi connectivity index (χ4v) is 3.98. The molecule has 120 valence electrons. The average Bonchev–Trinajstić information content (AvgIpc) is 2.38. The average molecular weight is 296 g/mol. The molecule has 2 rings (SSSR count). The largest absolute Gasteiger partial charge is 0.481 e. The van der Waals surface area contributed by atoms with E-state index in [2.05, 4.69) is 19.2 Å². The minimum absolute atomic E-state index is 0.0370.